The van der Waals surface area contributed by atoms with Crippen LogP contribution in [0.4, 0.5) is 11.4 Å². The Morgan fingerprint density at radius 3 is 2.10 bits per heavy atom. The third-order valence-corrected chi connectivity index (χ3v) is 6.35. The quantitative estimate of drug-likeness (QED) is 0.426. The van der Waals surface area contributed by atoms with Crippen molar-refractivity contribution >= 4 is 44.5 Å². The number of hydrogen-bond donors (Lipinski definition) is 3. The highest BCUT2D eigenvalue weighted by molar-refractivity contribution is 7.88. The summed E-state index contributed by atoms with van der Waals surface area (Å²) in [7, 11) is -3.44. The van der Waals surface area contributed by atoms with Gasteiger partial charge in [-0.15, -0.1) is 17.9 Å². The zero-order valence-corrected chi connectivity index (χ0v) is 18.1. The Kier molecular flexibility index (Phi) is 7.35. The third kappa shape index (κ3) is 6.61. The predicted molar refractivity (Wildman–Crippen MR) is 124 cm³/mol. The first-order chi connectivity index (χ1) is 14.9. The van der Waals surface area contributed by atoms with Gasteiger partial charge in [0.1, 0.15) is 0 Å². The van der Waals surface area contributed by atoms with Crippen LogP contribution >= 0.6 is 11.3 Å². The molecule has 2 amide bonds. The van der Waals surface area contributed by atoms with Gasteiger partial charge in [-0.2, -0.15) is 0 Å². The van der Waals surface area contributed by atoms with Crippen molar-refractivity contribution in [3.8, 4) is 0 Å². The molecule has 9 heteroatoms. The van der Waals surface area contributed by atoms with Crippen LogP contribution in [-0.4, -0.2) is 26.8 Å². The van der Waals surface area contributed by atoms with Crippen molar-refractivity contribution in [2.24, 2.45) is 0 Å². The van der Waals surface area contributed by atoms with E-state index in [2.05, 4.69) is 21.9 Å². The van der Waals surface area contributed by atoms with E-state index in [1.807, 2.05) is 5.38 Å². The molecule has 31 heavy (non-hydrogen) atoms. The third-order valence-electron chi connectivity index (χ3n) is 4.17. The van der Waals surface area contributed by atoms with Crippen LogP contribution in [0.5, 0.6) is 0 Å². The van der Waals surface area contributed by atoms with Crippen LogP contribution in [0.25, 0.3) is 0 Å². The van der Waals surface area contributed by atoms with E-state index >= 15 is 0 Å². The first-order valence-corrected chi connectivity index (χ1v) is 11.8. The molecule has 0 aliphatic rings. The molecular formula is C22H21N3O4S2. The van der Waals surface area contributed by atoms with E-state index < -0.39 is 10.0 Å². The predicted octanol–water partition coefficient (Wildman–Crippen LogP) is 3.86. The molecule has 160 valence electrons. The van der Waals surface area contributed by atoms with Gasteiger partial charge in [0.15, 0.2) is 0 Å². The standard InChI is InChI=1S/C22H21N3O4S2/c1-2-13-23-31(28,29)15-16-5-9-18(10-6-16)24-21(26)17-7-11-19(12-8-17)25-22(27)20-4-3-14-30-20/h2-12,14,23H,1,13,15H2,(H,24,26)(H,25,27). The Labute approximate surface area is 184 Å². The molecule has 2 aromatic carbocycles. The summed E-state index contributed by atoms with van der Waals surface area (Å²) in [4.78, 5) is 25.1. The Morgan fingerprint density at radius 1 is 0.903 bits per heavy atom. The van der Waals surface area contributed by atoms with Gasteiger partial charge in [0.05, 0.1) is 10.6 Å². The SMILES string of the molecule is C=CCNS(=O)(=O)Cc1ccc(NC(=O)c2ccc(NC(=O)c3cccs3)cc2)cc1. The fourth-order valence-electron chi connectivity index (χ4n) is 2.65. The van der Waals surface area contributed by atoms with Crippen molar-refractivity contribution in [3.05, 3.63) is 94.7 Å². The summed E-state index contributed by atoms with van der Waals surface area (Å²) < 4.78 is 26.2. The highest BCUT2D eigenvalue weighted by Crippen LogP contribution is 2.16. The van der Waals surface area contributed by atoms with Crippen LogP contribution in [0.1, 0.15) is 25.6 Å². The van der Waals surface area contributed by atoms with Crippen LogP contribution in [0.3, 0.4) is 0 Å². The maximum absolute atomic E-state index is 12.5. The molecule has 7 nitrogen and oxygen atoms in total. The number of rotatable bonds is 9. The second-order valence-electron chi connectivity index (χ2n) is 6.56. The van der Waals surface area contributed by atoms with Gasteiger partial charge in [-0.25, -0.2) is 13.1 Å². The topological polar surface area (TPSA) is 104 Å². The largest absolute Gasteiger partial charge is 0.322 e. The van der Waals surface area contributed by atoms with Crippen LogP contribution in [-0.2, 0) is 15.8 Å². The number of carbonyl (C=O) groups is 2. The summed E-state index contributed by atoms with van der Waals surface area (Å²) in [5.74, 6) is -0.675. The number of hydrogen-bond acceptors (Lipinski definition) is 5. The number of benzene rings is 2. The van der Waals surface area contributed by atoms with Crippen molar-refractivity contribution < 1.29 is 18.0 Å². The number of sulfonamides is 1. The van der Waals surface area contributed by atoms with Gasteiger partial charge in [0.25, 0.3) is 11.8 Å². The first kappa shape index (κ1) is 22.4. The number of thiophene rings is 1. The van der Waals surface area contributed by atoms with Crippen molar-refractivity contribution in [3.63, 3.8) is 0 Å². The normalized spacial score (nSPS) is 11.0. The fourth-order valence-corrected chi connectivity index (χ4v) is 4.37. The van der Waals surface area contributed by atoms with Crippen LogP contribution in [0.15, 0.2) is 78.7 Å². The van der Waals surface area contributed by atoms with E-state index in [9.17, 15) is 18.0 Å². The lowest BCUT2D eigenvalue weighted by atomic mass is 10.1. The number of anilines is 2. The van der Waals surface area contributed by atoms with Gasteiger partial charge in [-0.05, 0) is 53.4 Å². The summed E-state index contributed by atoms with van der Waals surface area (Å²) in [6, 6.07) is 16.7. The lowest BCUT2D eigenvalue weighted by molar-refractivity contribution is 0.102. The van der Waals surface area contributed by atoms with Crippen LogP contribution in [0.2, 0.25) is 0 Å². The number of amides is 2. The van der Waals surface area contributed by atoms with Gasteiger partial charge in [-0.3, -0.25) is 9.59 Å². The van der Waals surface area contributed by atoms with Crippen LogP contribution < -0.4 is 15.4 Å². The van der Waals surface area contributed by atoms with Crippen molar-refractivity contribution in [2.45, 2.75) is 5.75 Å². The molecule has 0 fully saturated rings. The molecule has 0 aliphatic heterocycles. The first-order valence-electron chi connectivity index (χ1n) is 9.30. The molecule has 0 aliphatic carbocycles. The van der Waals surface area contributed by atoms with Gasteiger partial charge in [0.2, 0.25) is 10.0 Å². The van der Waals surface area contributed by atoms with Gasteiger partial charge < -0.3 is 10.6 Å². The molecule has 0 spiro atoms. The summed E-state index contributed by atoms with van der Waals surface area (Å²) in [5, 5.41) is 7.37. The molecule has 3 N–H and O–H groups in total. The van der Waals surface area contributed by atoms with Crippen molar-refractivity contribution in [2.75, 3.05) is 17.2 Å². The Bertz CT molecular complexity index is 1150. The lowest BCUT2D eigenvalue weighted by Crippen LogP contribution is -2.25. The van der Waals surface area contributed by atoms with Gasteiger partial charge >= 0.3 is 0 Å². The smallest absolute Gasteiger partial charge is 0.265 e. The van der Waals surface area contributed by atoms with Crippen molar-refractivity contribution in [1.82, 2.24) is 4.72 Å². The molecule has 0 saturated heterocycles. The zero-order chi connectivity index (χ0) is 22.3. The van der Waals surface area contributed by atoms with E-state index in [0.717, 1.165) is 0 Å². The minimum Gasteiger partial charge on any atom is -0.322 e. The monoisotopic (exact) mass is 455 g/mol. The molecule has 0 saturated carbocycles. The molecule has 0 radical (unpaired) electrons. The molecule has 3 aromatic rings. The fraction of sp³-hybridized carbons (Fsp3) is 0.0909. The van der Waals surface area contributed by atoms with E-state index in [0.29, 0.717) is 27.4 Å². The number of nitrogens with one attached hydrogen (secondary N) is 3. The summed E-state index contributed by atoms with van der Waals surface area (Å²) >= 11 is 1.35. The van der Waals surface area contributed by atoms with E-state index in [-0.39, 0.29) is 24.1 Å². The van der Waals surface area contributed by atoms with Gasteiger partial charge in [-0.1, -0.05) is 24.3 Å². The van der Waals surface area contributed by atoms with E-state index in [1.165, 1.54) is 17.4 Å². The molecule has 1 heterocycles. The zero-order valence-electron chi connectivity index (χ0n) is 16.5. The van der Waals surface area contributed by atoms with Crippen molar-refractivity contribution in [1.29, 1.82) is 0 Å². The minimum absolute atomic E-state index is 0.159. The molecule has 0 atom stereocenters. The summed E-state index contributed by atoms with van der Waals surface area (Å²) in [6.07, 6.45) is 1.47. The Morgan fingerprint density at radius 2 is 1.52 bits per heavy atom. The molecule has 0 bridgehead atoms. The molecule has 0 unspecified atom stereocenters. The lowest BCUT2D eigenvalue weighted by Gasteiger charge is -2.09. The maximum atomic E-state index is 12.5. The highest BCUT2D eigenvalue weighted by atomic mass is 32.2. The summed E-state index contributed by atoms with van der Waals surface area (Å²) in [5.41, 5.74) is 2.15. The van der Waals surface area contributed by atoms with Gasteiger partial charge in [0, 0.05) is 23.5 Å². The second-order valence-corrected chi connectivity index (χ2v) is 9.31. The average Bonchev–Trinajstić information content (AvgIpc) is 3.29. The van der Waals surface area contributed by atoms with E-state index in [1.54, 1.807) is 60.7 Å². The number of carbonyl (C=O) groups excluding carboxylic acids is 2. The molecular weight excluding hydrogens is 434 g/mol. The average molecular weight is 456 g/mol. The minimum atomic E-state index is -3.44. The Hall–Kier alpha value is -3.27. The highest BCUT2D eigenvalue weighted by Gasteiger charge is 2.12. The van der Waals surface area contributed by atoms with E-state index in [4.69, 9.17) is 0 Å². The molecule has 1 aromatic heterocycles. The Balaban J connectivity index is 1.57. The summed E-state index contributed by atoms with van der Waals surface area (Å²) in [6.45, 7) is 3.65. The second kappa shape index (κ2) is 10.2. The molecule has 3 rings (SSSR count). The van der Waals surface area contributed by atoms with Crippen LogP contribution in [0, 0.1) is 0 Å². The maximum Gasteiger partial charge on any atom is 0.265 e.